The zero-order valence-electron chi connectivity index (χ0n) is 16.3. The molecule has 1 saturated heterocycles. The quantitative estimate of drug-likeness (QED) is 0.485. The van der Waals surface area contributed by atoms with Crippen LogP contribution in [0.3, 0.4) is 0 Å². The van der Waals surface area contributed by atoms with Crippen LogP contribution in [0.5, 0.6) is 0 Å². The Morgan fingerprint density at radius 3 is 2.60 bits per heavy atom. The lowest BCUT2D eigenvalue weighted by Gasteiger charge is -2.45. The van der Waals surface area contributed by atoms with E-state index in [1.54, 1.807) is 12.1 Å². The Bertz CT molecular complexity index is 682. The van der Waals surface area contributed by atoms with Crippen molar-refractivity contribution in [2.45, 2.75) is 46.1 Å². The predicted molar refractivity (Wildman–Crippen MR) is 107 cm³/mol. The number of benzene rings is 1. The molecule has 1 aromatic rings. The summed E-state index contributed by atoms with van der Waals surface area (Å²) >= 11 is 0. The number of likely N-dealkylation sites (tertiary alicyclic amines) is 1. The van der Waals surface area contributed by atoms with E-state index in [4.69, 9.17) is 0 Å². The van der Waals surface area contributed by atoms with Crippen LogP contribution in [0.2, 0.25) is 0 Å². The summed E-state index contributed by atoms with van der Waals surface area (Å²) in [6.07, 6.45) is 2.74. The van der Waals surface area contributed by atoms with E-state index in [0.717, 1.165) is 40.9 Å². The summed E-state index contributed by atoms with van der Waals surface area (Å²) in [5.41, 5.74) is 4.36. The van der Waals surface area contributed by atoms with Crippen molar-refractivity contribution in [1.29, 1.82) is 0 Å². The van der Waals surface area contributed by atoms with Gasteiger partial charge in [-0.25, -0.2) is 4.39 Å². The zero-order chi connectivity index (χ0) is 18.7. The van der Waals surface area contributed by atoms with Crippen molar-refractivity contribution < 1.29 is 4.39 Å². The van der Waals surface area contributed by atoms with Crippen molar-refractivity contribution in [3.63, 3.8) is 0 Å². The highest BCUT2D eigenvalue weighted by atomic mass is 19.1. The van der Waals surface area contributed by atoms with Gasteiger partial charge < -0.3 is 4.90 Å². The molecule has 2 rings (SSSR count). The molecule has 0 bridgehead atoms. The molecule has 1 heterocycles. The smallest absolute Gasteiger partial charge is 0.127 e. The fraction of sp³-hybridized carbons (Fsp3) is 0.500. The Kier molecular flexibility index (Phi) is 6.34. The van der Waals surface area contributed by atoms with E-state index in [1.165, 1.54) is 0 Å². The summed E-state index contributed by atoms with van der Waals surface area (Å²) in [7, 11) is 2.15. The first-order chi connectivity index (χ1) is 11.8. The lowest BCUT2D eigenvalue weighted by Crippen LogP contribution is -2.52. The van der Waals surface area contributed by atoms with Gasteiger partial charge in [-0.1, -0.05) is 32.1 Å². The summed E-state index contributed by atoms with van der Waals surface area (Å²) in [5.74, 6) is 0.710. The highest BCUT2D eigenvalue weighted by Gasteiger charge is 2.34. The largest absolute Gasteiger partial charge is 0.303 e. The molecule has 0 spiro atoms. The van der Waals surface area contributed by atoms with Gasteiger partial charge in [0.2, 0.25) is 0 Å². The van der Waals surface area contributed by atoms with Crippen molar-refractivity contribution in [3.8, 4) is 0 Å². The lowest BCUT2D eigenvalue weighted by atomic mass is 9.81. The van der Waals surface area contributed by atoms with Gasteiger partial charge in [0.05, 0.1) is 6.54 Å². The molecule has 3 unspecified atom stereocenters. The minimum atomic E-state index is -0.139. The molecular formula is C22H31FN2. The molecule has 0 radical (unpaired) electrons. The average Bonchev–Trinajstić information content (AvgIpc) is 2.57. The number of allylic oxidation sites excluding steroid dienone is 1. The van der Waals surface area contributed by atoms with Crippen LogP contribution in [0.15, 0.2) is 36.4 Å². The Morgan fingerprint density at radius 1 is 1.40 bits per heavy atom. The number of nitrogens with zero attached hydrogens (tertiary/aromatic N) is 2. The Morgan fingerprint density at radius 2 is 2.08 bits per heavy atom. The minimum absolute atomic E-state index is 0.139. The first-order valence-corrected chi connectivity index (χ1v) is 9.08. The van der Waals surface area contributed by atoms with E-state index in [1.807, 2.05) is 19.9 Å². The van der Waals surface area contributed by atoms with Crippen LogP contribution >= 0.6 is 0 Å². The maximum absolute atomic E-state index is 14.8. The molecule has 1 fully saturated rings. The predicted octanol–water partition coefficient (Wildman–Crippen LogP) is 5.30. The second-order valence-electron chi connectivity index (χ2n) is 7.54. The third kappa shape index (κ3) is 4.27. The van der Waals surface area contributed by atoms with Gasteiger partial charge in [0.25, 0.3) is 0 Å². The zero-order valence-corrected chi connectivity index (χ0v) is 16.3. The van der Waals surface area contributed by atoms with E-state index in [0.29, 0.717) is 18.5 Å². The normalized spacial score (nSPS) is 22.4. The maximum Gasteiger partial charge on any atom is 0.127 e. The number of rotatable bonds is 7. The molecule has 1 aromatic carbocycles. The Labute approximate surface area is 152 Å². The standard InChI is InChI=1S/C22H31FN2/c1-8-9-24-17(6)20-11-19(21(23)12-18(20)14(2)3)15(4)10-22-16(5)13-25(22)7/h8,11-12,15-16,22H,1-2,9-10,13H2,3-7H3. The Balaban J connectivity index is 2.38. The fourth-order valence-electron chi connectivity index (χ4n) is 3.82. The van der Waals surface area contributed by atoms with E-state index < -0.39 is 0 Å². The van der Waals surface area contributed by atoms with Crippen LogP contribution in [0, 0.1) is 11.7 Å². The van der Waals surface area contributed by atoms with Crippen LogP contribution < -0.4 is 0 Å². The van der Waals surface area contributed by atoms with Crippen molar-refractivity contribution >= 4 is 11.3 Å². The molecular weight excluding hydrogens is 311 g/mol. The molecule has 25 heavy (non-hydrogen) atoms. The maximum atomic E-state index is 14.8. The van der Waals surface area contributed by atoms with Gasteiger partial charge in [0, 0.05) is 23.9 Å². The van der Waals surface area contributed by atoms with Crippen LogP contribution in [-0.2, 0) is 0 Å². The molecule has 1 aliphatic heterocycles. The molecule has 1 aliphatic rings. The van der Waals surface area contributed by atoms with Crippen molar-refractivity contribution in [2.75, 3.05) is 20.1 Å². The van der Waals surface area contributed by atoms with Crippen molar-refractivity contribution in [1.82, 2.24) is 4.90 Å². The first-order valence-electron chi connectivity index (χ1n) is 9.08. The van der Waals surface area contributed by atoms with Gasteiger partial charge in [-0.3, -0.25) is 4.99 Å². The van der Waals surface area contributed by atoms with Gasteiger partial charge in [-0.05, 0) is 62.4 Å². The van der Waals surface area contributed by atoms with Crippen LogP contribution in [0.25, 0.3) is 5.57 Å². The highest BCUT2D eigenvalue weighted by Crippen LogP contribution is 2.34. The Hall–Kier alpha value is -1.74. The first kappa shape index (κ1) is 19.6. The third-order valence-electron chi connectivity index (χ3n) is 5.37. The lowest BCUT2D eigenvalue weighted by molar-refractivity contribution is 0.0428. The monoisotopic (exact) mass is 342 g/mol. The molecule has 136 valence electrons. The molecule has 0 saturated carbocycles. The van der Waals surface area contributed by atoms with Crippen molar-refractivity contribution in [3.05, 3.63) is 53.9 Å². The van der Waals surface area contributed by atoms with E-state index in [2.05, 4.69) is 43.9 Å². The fourth-order valence-corrected chi connectivity index (χ4v) is 3.82. The second-order valence-corrected chi connectivity index (χ2v) is 7.54. The van der Waals surface area contributed by atoms with Crippen LogP contribution in [-0.4, -0.2) is 36.8 Å². The van der Waals surface area contributed by atoms with E-state index in [-0.39, 0.29) is 11.7 Å². The van der Waals surface area contributed by atoms with Gasteiger partial charge >= 0.3 is 0 Å². The second kappa shape index (κ2) is 8.09. The number of hydrogen-bond acceptors (Lipinski definition) is 2. The molecule has 3 atom stereocenters. The average molecular weight is 343 g/mol. The molecule has 3 heteroatoms. The van der Waals surface area contributed by atoms with Crippen LogP contribution in [0.4, 0.5) is 4.39 Å². The van der Waals surface area contributed by atoms with Gasteiger partial charge in [-0.15, -0.1) is 6.58 Å². The molecule has 2 nitrogen and oxygen atoms in total. The summed E-state index contributed by atoms with van der Waals surface area (Å²) in [5, 5.41) is 0. The number of halogens is 1. The van der Waals surface area contributed by atoms with Crippen LogP contribution in [0.1, 0.15) is 56.7 Å². The van der Waals surface area contributed by atoms with Gasteiger partial charge in [0.1, 0.15) is 5.82 Å². The minimum Gasteiger partial charge on any atom is -0.303 e. The molecule has 0 amide bonds. The van der Waals surface area contributed by atoms with Gasteiger partial charge in [0.15, 0.2) is 0 Å². The summed E-state index contributed by atoms with van der Waals surface area (Å²) in [4.78, 5) is 6.89. The number of hydrogen-bond donors (Lipinski definition) is 0. The highest BCUT2D eigenvalue weighted by molar-refractivity contribution is 6.03. The summed E-state index contributed by atoms with van der Waals surface area (Å²) < 4.78 is 14.8. The van der Waals surface area contributed by atoms with E-state index >= 15 is 0 Å². The van der Waals surface area contributed by atoms with Crippen molar-refractivity contribution in [2.24, 2.45) is 10.9 Å². The summed E-state index contributed by atoms with van der Waals surface area (Å²) in [6.45, 7) is 17.7. The summed E-state index contributed by atoms with van der Waals surface area (Å²) in [6, 6.07) is 4.15. The van der Waals surface area contributed by atoms with Gasteiger partial charge in [-0.2, -0.15) is 0 Å². The molecule has 0 N–H and O–H groups in total. The number of aliphatic imine (C=N–C) groups is 1. The SMILES string of the molecule is C=CCN=C(C)c1cc(C(C)CC2C(C)CN2C)c(F)cc1C(=C)C. The third-order valence-corrected chi connectivity index (χ3v) is 5.37. The molecule has 0 aliphatic carbocycles. The molecule has 0 aromatic heterocycles. The van der Waals surface area contributed by atoms with E-state index in [9.17, 15) is 4.39 Å². The topological polar surface area (TPSA) is 15.6 Å².